The van der Waals surface area contributed by atoms with Crippen molar-refractivity contribution in [1.82, 2.24) is 0 Å². The fraction of sp³-hybridized carbons (Fsp3) is 0.200. The Hall–Kier alpha value is -1.76. The average Bonchev–Trinajstić information content (AvgIpc) is 2.16. The fourth-order valence-electron chi connectivity index (χ4n) is 0.830. The molecule has 0 aliphatic carbocycles. The van der Waals surface area contributed by atoms with Crippen LogP contribution >= 0.6 is 0 Å². The van der Waals surface area contributed by atoms with E-state index in [4.69, 9.17) is 0 Å². The lowest BCUT2D eigenvalue weighted by atomic mass is 10.2. The van der Waals surface area contributed by atoms with Crippen LogP contribution in [0.15, 0.2) is 24.3 Å². The van der Waals surface area contributed by atoms with Gasteiger partial charge in [0.15, 0.2) is 0 Å². The van der Waals surface area contributed by atoms with E-state index >= 15 is 0 Å². The normalized spacial score (nSPS) is 9.14. The second kappa shape index (κ2) is 5.07. The van der Waals surface area contributed by atoms with E-state index in [1.807, 2.05) is 0 Å². The highest BCUT2D eigenvalue weighted by Crippen LogP contribution is 2.14. The van der Waals surface area contributed by atoms with Crippen LogP contribution in [0.4, 0.5) is 8.78 Å². The van der Waals surface area contributed by atoms with Gasteiger partial charge in [-0.25, -0.2) is 0 Å². The summed E-state index contributed by atoms with van der Waals surface area (Å²) < 4.78 is 32.2. The van der Waals surface area contributed by atoms with Crippen molar-refractivity contribution in [2.24, 2.45) is 0 Å². The summed E-state index contributed by atoms with van der Waals surface area (Å²) in [5, 5.41) is 0. The minimum Gasteiger partial charge on any atom is -0.450 e. The molecule has 0 spiro atoms. The van der Waals surface area contributed by atoms with Gasteiger partial charge in [-0.1, -0.05) is 0 Å². The van der Waals surface area contributed by atoms with Gasteiger partial charge in [-0.15, -0.1) is 0 Å². The summed E-state index contributed by atoms with van der Waals surface area (Å²) in [5.41, 5.74) is 0.675. The lowest BCUT2D eigenvalue weighted by Crippen LogP contribution is -2.01. The molecule has 0 amide bonds. The maximum atomic E-state index is 11.8. The van der Waals surface area contributed by atoms with Crippen LogP contribution in [0.1, 0.15) is 5.56 Å². The average molecular weight is 198 g/mol. The van der Waals surface area contributed by atoms with Crippen molar-refractivity contribution in [2.45, 2.75) is 6.61 Å². The fourth-order valence-corrected chi connectivity index (χ4v) is 0.830. The number of halogens is 2. The van der Waals surface area contributed by atoms with Crippen molar-refractivity contribution in [2.75, 3.05) is 7.11 Å². The van der Waals surface area contributed by atoms with Crippen LogP contribution in [0.2, 0.25) is 0 Å². The van der Waals surface area contributed by atoms with E-state index in [-0.39, 0.29) is 5.75 Å². The van der Waals surface area contributed by atoms with Gasteiger partial charge < -0.3 is 9.47 Å². The van der Waals surface area contributed by atoms with E-state index in [9.17, 15) is 8.78 Å². The highest BCUT2D eigenvalue weighted by Gasteiger charge is 2.02. The van der Waals surface area contributed by atoms with Crippen molar-refractivity contribution in [1.29, 1.82) is 0 Å². The molecule has 0 bridgehead atoms. The molecule has 1 rings (SSSR count). The first-order chi connectivity index (χ1) is 6.72. The molecular formula is C10H8F2O2. The van der Waals surface area contributed by atoms with Crippen molar-refractivity contribution < 1.29 is 18.3 Å². The zero-order chi connectivity index (χ0) is 10.4. The SMILES string of the molecule is COC#Cc1ccc(OC(F)F)cc1. The molecule has 0 atom stereocenters. The van der Waals surface area contributed by atoms with Crippen LogP contribution in [0.5, 0.6) is 5.75 Å². The molecule has 0 saturated heterocycles. The Kier molecular flexibility index (Phi) is 3.74. The van der Waals surface area contributed by atoms with Gasteiger partial charge in [-0.3, -0.25) is 0 Å². The standard InChI is InChI=1S/C10H8F2O2/c1-13-7-6-8-2-4-9(5-3-8)14-10(11)12/h2-5,10H,1H3. The van der Waals surface area contributed by atoms with Gasteiger partial charge in [0.1, 0.15) is 11.9 Å². The minimum atomic E-state index is -2.80. The summed E-state index contributed by atoms with van der Waals surface area (Å²) in [4.78, 5) is 0. The van der Waals surface area contributed by atoms with Crippen molar-refractivity contribution in [3.8, 4) is 17.8 Å². The first-order valence-corrected chi connectivity index (χ1v) is 3.81. The number of benzene rings is 1. The third-order valence-electron chi connectivity index (χ3n) is 1.38. The molecule has 1 aromatic rings. The largest absolute Gasteiger partial charge is 0.450 e. The molecule has 0 N–H and O–H groups in total. The summed E-state index contributed by atoms with van der Waals surface area (Å²) in [6.07, 6.45) is 2.39. The molecule has 0 aromatic heterocycles. The van der Waals surface area contributed by atoms with Gasteiger partial charge in [-0.2, -0.15) is 8.78 Å². The second-order valence-electron chi connectivity index (χ2n) is 2.33. The second-order valence-corrected chi connectivity index (χ2v) is 2.33. The Morgan fingerprint density at radius 3 is 2.36 bits per heavy atom. The van der Waals surface area contributed by atoms with Gasteiger partial charge >= 0.3 is 6.61 Å². The Morgan fingerprint density at radius 1 is 1.21 bits per heavy atom. The number of hydrogen-bond acceptors (Lipinski definition) is 2. The monoisotopic (exact) mass is 198 g/mol. The molecule has 0 heterocycles. The Labute approximate surface area is 80.4 Å². The lowest BCUT2D eigenvalue weighted by Gasteiger charge is -2.02. The summed E-state index contributed by atoms with van der Waals surface area (Å²) in [7, 11) is 1.45. The van der Waals surface area contributed by atoms with Crippen LogP contribution < -0.4 is 4.74 Å². The Morgan fingerprint density at radius 2 is 1.86 bits per heavy atom. The number of hydrogen-bond donors (Lipinski definition) is 0. The van der Waals surface area contributed by atoms with Crippen LogP contribution in [0.3, 0.4) is 0 Å². The first kappa shape index (κ1) is 10.3. The van der Waals surface area contributed by atoms with Crippen molar-refractivity contribution in [3.63, 3.8) is 0 Å². The predicted octanol–water partition coefficient (Wildman–Crippen LogP) is 2.24. The number of rotatable bonds is 2. The zero-order valence-corrected chi connectivity index (χ0v) is 7.46. The molecule has 0 saturated carbocycles. The molecule has 14 heavy (non-hydrogen) atoms. The van der Waals surface area contributed by atoms with Crippen LogP contribution in [-0.4, -0.2) is 13.7 Å². The van der Waals surface area contributed by atoms with Gasteiger partial charge in [-0.05, 0) is 30.2 Å². The highest BCUT2D eigenvalue weighted by atomic mass is 19.3. The number of methoxy groups -OCH3 is 1. The molecule has 0 unspecified atom stereocenters. The van der Waals surface area contributed by atoms with E-state index in [1.54, 1.807) is 12.1 Å². The van der Waals surface area contributed by atoms with Crippen LogP contribution in [0, 0.1) is 12.0 Å². The van der Waals surface area contributed by atoms with E-state index in [2.05, 4.69) is 21.5 Å². The summed E-state index contributed by atoms with van der Waals surface area (Å²) in [5.74, 6) is 2.77. The minimum absolute atomic E-state index is 0.114. The van der Waals surface area contributed by atoms with Gasteiger partial charge in [0.05, 0.1) is 7.11 Å². The third kappa shape index (κ3) is 3.31. The molecular weight excluding hydrogens is 190 g/mol. The molecule has 0 aliphatic rings. The number of alkyl halides is 2. The van der Waals surface area contributed by atoms with Gasteiger partial charge in [0.2, 0.25) is 0 Å². The van der Waals surface area contributed by atoms with E-state index < -0.39 is 6.61 Å². The maximum Gasteiger partial charge on any atom is 0.387 e. The zero-order valence-electron chi connectivity index (χ0n) is 7.46. The highest BCUT2D eigenvalue weighted by molar-refractivity contribution is 5.37. The van der Waals surface area contributed by atoms with E-state index in [0.29, 0.717) is 5.56 Å². The first-order valence-electron chi connectivity index (χ1n) is 3.81. The molecule has 1 aromatic carbocycles. The third-order valence-corrected chi connectivity index (χ3v) is 1.38. The Bertz CT molecular complexity index is 335. The van der Waals surface area contributed by atoms with Crippen molar-refractivity contribution >= 4 is 0 Å². The van der Waals surface area contributed by atoms with Crippen molar-refractivity contribution in [3.05, 3.63) is 29.8 Å². The molecule has 0 fully saturated rings. The van der Waals surface area contributed by atoms with Gasteiger partial charge in [0.25, 0.3) is 0 Å². The number of ether oxygens (including phenoxy) is 2. The summed E-state index contributed by atoms with van der Waals surface area (Å²) >= 11 is 0. The smallest absolute Gasteiger partial charge is 0.387 e. The molecule has 2 nitrogen and oxygen atoms in total. The molecule has 0 radical (unpaired) electrons. The van der Waals surface area contributed by atoms with Crippen LogP contribution in [0.25, 0.3) is 0 Å². The topological polar surface area (TPSA) is 18.5 Å². The molecule has 74 valence electrons. The quantitative estimate of drug-likeness (QED) is 0.678. The summed E-state index contributed by atoms with van der Waals surface area (Å²) in [6, 6.07) is 5.99. The predicted molar refractivity (Wildman–Crippen MR) is 47.0 cm³/mol. The van der Waals surface area contributed by atoms with E-state index in [1.165, 1.54) is 19.2 Å². The summed E-state index contributed by atoms with van der Waals surface area (Å²) in [6.45, 7) is -2.80. The lowest BCUT2D eigenvalue weighted by molar-refractivity contribution is -0.0498. The van der Waals surface area contributed by atoms with Crippen LogP contribution in [-0.2, 0) is 4.74 Å². The van der Waals surface area contributed by atoms with Gasteiger partial charge in [0, 0.05) is 5.56 Å². The Balaban J connectivity index is 2.68. The maximum absolute atomic E-state index is 11.8. The van der Waals surface area contributed by atoms with E-state index in [0.717, 1.165) is 0 Å². The molecule has 0 aliphatic heterocycles. The molecule has 4 heteroatoms.